The van der Waals surface area contributed by atoms with Gasteiger partial charge in [-0.05, 0) is 26.3 Å². The van der Waals surface area contributed by atoms with Crippen molar-refractivity contribution < 1.29 is 4.74 Å². The molecule has 0 N–H and O–H groups in total. The second-order valence-electron chi connectivity index (χ2n) is 1.56. The number of allylic oxidation sites excluding steroid dienone is 2. The molecule has 1 radical (unpaired) electrons. The molecular weight excluding hydrogens is 112 g/mol. The summed E-state index contributed by atoms with van der Waals surface area (Å²) in [6, 6.07) is 0. The maximum absolute atomic E-state index is 5.01. The summed E-state index contributed by atoms with van der Waals surface area (Å²) >= 11 is 0. The topological polar surface area (TPSA) is 9.23 Å². The molecule has 0 rings (SSSR count). The molecule has 0 atom stereocenters. The molecule has 0 saturated carbocycles. The zero-order chi connectivity index (χ0) is 6.95. The molecule has 51 valence electrons. The highest BCUT2D eigenvalue weighted by Crippen LogP contribution is 1.82. The van der Waals surface area contributed by atoms with E-state index in [9.17, 15) is 0 Å². The second-order valence-corrected chi connectivity index (χ2v) is 1.56. The molecule has 0 amide bonds. The van der Waals surface area contributed by atoms with E-state index in [-0.39, 0.29) is 0 Å². The Hall–Kier alpha value is -0.720. The molecule has 0 spiro atoms. The summed E-state index contributed by atoms with van der Waals surface area (Å²) < 4.78 is 5.01. The molecule has 0 aliphatic heterocycles. The highest BCUT2D eigenvalue weighted by Gasteiger charge is 1.69. The first-order valence-electron chi connectivity index (χ1n) is 3.08. The van der Waals surface area contributed by atoms with Gasteiger partial charge >= 0.3 is 0 Å². The third-order valence-electron chi connectivity index (χ3n) is 0.787. The largest absolute Gasteiger partial charge is 0.497 e. The lowest BCUT2D eigenvalue weighted by Gasteiger charge is -1.90. The number of ether oxygens (including phenoxy) is 1. The minimum absolute atomic E-state index is 0.660. The molecular formula is C8H13O. The van der Waals surface area contributed by atoms with E-state index in [0.717, 1.165) is 6.42 Å². The Bertz CT molecular complexity index is 92.7. The summed E-state index contributed by atoms with van der Waals surface area (Å²) in [6.07, 6.45) is 8.25. The molecule has 0 aliphatic rings. The van der Waals surface area contributed by atoms with Crippen LogP contribution in [0.25, 0.3) is 0 Å². The van der Waals surface area contributed by atoms with Crippen LogP contribution in [-0.2, 0) is 4.74 Å². The van der Waals surface area contributed by atoms with Crippen molar-refractivity contribution in [1.29, 1.82) is 0 Å². The van der Waals surface area contributed by atoms with E-state index in [1.54, 1.807) is 6.26 Å². The monoisotopic (exact) mass is 125 g/mol. The predicted octanol–water partition coefficient (Wildman–Crippen LogP) is 2.32. The zero-order valence-electron chi connectivity index (χ0n) is 5.84. The lowest BCUT2D eigenvalue weighted by Crippen LogP contribution is -1.78. The molecule has 9 heavy (non-hydrogen) atoms. The fourth-order valence-corrected chi connectivity index (χ4v) is 0.343. The predicted molar refractivity (Wildman–Crippen MR) is 39.9 cm³/mol. The third-order valence-corrected chi connectivity index (χ3v) is 0.787. The van der Waals surface area contributed by atoms with Gasteiger partial charge in [0.25, 0.3) is 0 Å². The Morgan fingerprint density at radius 1 is 1.44 bits per heavy atom. The van der Waals surface area contributed by atoms with E-state index in [1.165, 1.54) is 0 Å². The van der Waals surface area contributed by atoms with E-state index >= 15 is 0 Å². The van der Waals surface area contributed by atoms with E-state index < -0.39 is 0 Å². The van der Waals surface area contributed by atoms with Crippen molar-refractivity contribution in [2.45, 2.75) is 13.3 Å². The molecule has 0 aromatic heterocycles. The average molecular weight is 125 g/mol. The van der Waals surface area contributed by atoms with Crippen molar-refractivity contribution in [3.05, 3.63) is 31.4 Å². The van der Waals surface area contributed by atoms with Crippen molar-refractivity contribution in [2.24, 2.45) is 0 Å². The van der Waals surface area contributed by atoms with Gasteiger partial charge in [0.15, 0.2) is 0 Å². The zero-order valence-corrected chi connectivity index (χ0v) is 5.84. The molecule has 0 unspecified atom stereocenters. The van der Waals surface area contributed by atoms with Crippen LogP contribution in [0.5, 0.6) is 0 Å². The minimum Gasteiger partial charge on any atom is -0.497 e. The number of rotatable bonds is 4. The van der Waals surface area contributed by atoms with Crippen molar-refractivity contribution in [3.8, 4) is 0 Å². The van der Waals surface area contributed by atoms with Crippen molar-refractivity contribution in [3.63, 3.8) is 0 Å². The van der Waals surface area contributed by atoms with Crippen molar-refractivity contribution in [1.82, 2.24) is 0 Å². The molecule has 0 aromatic carbocycles. The average Bonchev–Trinajstić information content (AvgIpc) is 1.89. The number of hydrogen-bond acceptors (Lipinski definition) is 1. The molecule has 0 heterocycles. The summed E-state index contributed by atoms with van der Waals surface area (Å²) in [6.45, 7) is 6.25. The van der Waals surface area contributed by atoms with Gasteiger partial charge in [-0.15, -0.1) is 0 Å². The van der Waals surface area contributed by atoms with Crippen LogP contribution in [0, 0.1) is 6.92 Å². The lowest BCUT2D eigenvalue weighted by molar-refractivity contribution is 0.288. The minimum atomic E-state index is 0.660. The smallest absolute Gasteiger partial charge is 0.105 e. The van der Waals surface area contributed by atoms with Gasteiger partial charge in [0.1, 0.15) is 6.61 Å². The lowest BCUT2D eigenvalue weighted by atomic mass is 10.5. The highest BCUT2D eigenvalue weighted by molar-refractivity contribution is 4.79. The van der Waals surface area contributed by atoms with Crippen LogP contribution >= 0.6 is 0 Å². The van der Waals surface area contributed by atoms with Gasteiger partial charge in [0.05, 0.1) is 6.26 Å². The Morgan fingerprint density at radius 2 is 2.22 bits per heavy atom. The molecule has 1 heteroatoms. The fraction of sp³-hybridized carbons (Fsp3) is 0.375. The molecule has 0 fully saturated rings. The van der Waals surface area contributed by atoms with Gasteiger partial charge in [-0.25, -0.2) is 0 Å². The van der Waals surface area contributed by atoms with E-state index in [1.807, 2.05) is 25.2 Å². The molecule has 1 nitrogen and oxygen atoms in total. The SMILES string of the molecule is [CH2]CC=COC/C=C/C. The summed E-state index contributed by atoms with van der Waals surface area (Å²) in [7, 11) is 0. The van der Waals surface area contributed by atoms with Crippen LogP contribution < -0.4 is 0 Å². The van der Waals surface area contributed by atoms with Gasteiger partial charge in [-0.2, -0.15) is 0 Å². The van der Waals surface area contributed by atoms with Crippen LogP contribution in [0.15, 0.2) is 24.5 Å². The van der Waals surface area contributed by atoms with Crippen LogP contribution in [-0.4, -0.2) is 6.61 Å². The summed E-state index contributed by atoms with van der Waals surface area (Å²) in [5.74, 6) is 0. The fourth-order valence-electron chi connectivity index (χ4n) is 0.343. The Labute approximate surface area is 57.0 Å². The molecule has 0 bridgehead atoms. The maximum atomic E-state index is 5.01. The summed E-state index contributed by atoms with van der Waals surface area (Å²) in [4.78, 5) is 0. The van der Waals surface area contributed by atoms with Gasteiger partial charge in [-0.1, -0.05) is 12.2 Å². The first kappa shape index (κ1) is 8.28. The second kappa shape index (κ2) is 7.28. The van der Waals surface area contributed by atoms with Crippen molar-refractivity contribution in [2.75, 3.05) is 6.61 Å². The van der Waals surface area contributed by atoms with Gasteiger partial charge < -0.3 is 4.74 Å². The van der Waals surface area contributed by atoms with Gasteiger partial charge in [0.2, 0.25) is 0 Å². The van der Waals surface area contributed by atoms with Crippen molar-refractivity contribution >= 4 is 0 Å². The number of hydrogen-bond donors (Lipinski definition) is 0. The van der Waals surface area contributed by atoms with E-state index in [2.05, 4.69) is 6.92 Å². The Kier molecular flexibility index (Phi) is 6.70. The highest BCUT2D eigenvalue weighted by atomic mass is 16.5. The van der Waals surface area contributed by atoms with Crippen LogP contribution in [0.3, 0.4) is 0 Å². The maximum Gasteiger partial charge on any atom is 0.105 e. The van der Waals surface area contributed by atoms with Gasteiger partial charge in [0, 0.05) is 0 Å². The Morgan fingerprint density at radius 3 is 2.78 bits per heavy atom. The summed E-state index contributed by atoms with van der Waals surface area (Å²) in [5, 5.41) is 0. The quantitative estimate of drug-likeness (QED) is 0.318. The van der Waals surface area contributed by atoms with Crippen LogP contribution in [0.1, 0.15) is 13.3 Å². The Balaban J connectivity index is 2.99. The first-order chi connectivity index (χ1) is 4.41. The van der Waals surface area contributed by atoms with E-state index in [0.29, 0.717) is 6.61 Å². The molecule has 0 saturated heterocycles. The van der Waals surface area contributed by atoms with Crippen LogP contribution in [0.2, 0.25) is 0 Å². The summed E-state index contributed by atoms with van der Waals surface area (Å²) in [5.41, 5.74) is 0. The third kappa shape index (κ3) is 7.28. The normalized spacial score (nSPS) is 11.3. The first-order valence-corrected chi connectivity index (χ1v) is 3.08. The molecule has 0 aliphatic carbocycles. The standard InChI is InChI=1S/C8H13O/c1-3-5-7-9-8-6-4-2/h4-7H,1,3,8H2,2H3/b6-4+,7-5?. The molecule has 0 aromatic rings. The van der Waals surface area contributed by atoms with Crippen LogP contribution in [0.4, 0.5) is 0 Å². The van der Waals surface area contributed by atoms with E-state index in [4.69, 9.17) is 4.74 Å². The van der Waals surface area contributed by atoms with Gasteiger partial charge in [-0.3, -0.25) is 0 Å².